The third-order valence-electron chi connectivity index (χ3n) is 4.83. The van der Waals surface area contributed by atoms with Crippen molar-refractivity contribution in [2.45, 2.75) is 46.0 Å². The number of aryl methyl sites for hydroxylation is 3. The topological polar surface area (TPSA) is 78.3 Å². The van der Waals surface area contributed by atoms with Gasteiger partial charge in [0, 0.05) is 6.54 Å². The molecule has 0 fully saturated rings. The molecule has 1 N–H and O–H groups in total. The lowest BCUT2D eigenvalue weighted by atomic mass is 10.1. The Labute approximate surface area is 187 Å². The number of hydrogen-bond donors (Lipinski definition) is 1. The van der Waals surface area contributed by atoms with Crippen LogP contribution in [0.3, 0.4) is 0 Å². The van der Waals surface area contributed by atoms with Gasteiger partial charge in [0.1, 0.15) is 18.1 Å². The van der Waals surface area contributed by atoms with Gasteiger partial charge in [-0.3, -0.25) is 4.79 Å². The molecule has 1 amide bonds. The fourth-order valence-electron chi connectivity index (χ4n) is 3.25. The Kier molecular flexibility index (Phi) is 7.57. The van der Waals surface area contributed by atoms with Crippen molar-refractivity contribution < 1.29 is 14.3 Å². The molecular weight excluding hydrogens is 412 g/mol. The number of ether oxygens (including phenoxy) is 2. The van der Waals surface area contributed by atoms with Crippen molar-refractivity contribution in [1.29, 1.82) is 0 Å². The lowest BCUT2D eigenvalue weighted by molar-refractivity contribution is -0.113. The van der Waals surface area contributed by atoms with E-state index in [1.807, 2.05) is 68.7 Å². The van der Waals surface area contributed by atoms with Crippen molar-refractivity contribution in [1.82, 2.24) is 14.8 Å². The Morgan fingerprint density at radius 1 is 1.13 bits per heavy atom. The zero-order chi connectivity index (χ0) is 22.4. The number of benzene rings is 2. The molecule has 164 valence electrons. The number of methoxy groups -OCH3 is 1. The fourth-order valence-corrected chi connectivity index (χ4v) is 4.07. The van der Waals surface area contributed by atoms with Crippen LogP contribution in [0.1, 0.15) is 29.4 Å². The summed E-state index contributed by atoms with van der Waals surface area (Å²) in [6, 6.07) is 11.7. The fraction of sp³-hybridized carbons (Fsp3) is 0.348. The number of thioether (sulfide) groups is 1. The highest BCUT2D eigenvalue weighted by molar-refractivity contribution is 7.99. The number of nitrogens with zero attached hydrogens (tertiary/aromatic N) is 3. The molecular formula is C23H28N4O3S. The van der Waals surface area contributed by atoms with Crippen LogP contribution >= 0.6 is 11.8 Å². The number of rotatable bonds is 9. The molecule has 0 aliphatic carbocycles. The first-order valence-electron chi connectivity index (χ1n) is 10.1. The van der Waals surface area contributed by atoms with Crippen LogP contribution in [-0.2, 0) is 17.9 Å². The van der Waals surface area contributed by atoms with Crippen molar-refractivity contribution in [2.24, 2.45) is 0 Å². The molecule has 0 aliphatic rings. The van der Waals surface area contributed by atoms with Crippen molar-refractivity contribution in [3.63, 3.8) is 0 Å². The largest absolute Gasteiger partial charge is 0.495 e. The molecule has 0 aliphatic heterocycles. The minimum absolute atomic E-state index is 0.132. The maximum absolute atomic E-state index is 12.5. The molecule has 7 nitrogen and oxygen atoms in total. The van der Waals surface area contributed by atoms with E-state index in [-0.39, 0.29) is 11.7 Å². The smallest absolute Gasteiger partial charge is 0.234 e. The third-order valence-corrected chi connectivity index (χ3v) is 5.79. The van der Waals surface area contributed by atoms with Crippen LogP contribution in [0.5, 0.6) is 11.5 Å². The van der Waals surface area contributed by atoms with Gasteiger partial charge in [-0.2, -0.15) is 0 Å². The molecule has 1 heterocycles. The van der Waals surface area contributed by atoms with Gasteiger partial charge in [-0.1, -0.05) is 36.0 Å². The van der Waals surface area contributed by atoms with Gasteiger partial charge in [0.2, 0.25) is 5.91 Å². The normalized spacial score (nSPS) is 10.7. The molecule has 8 heteroatoms. The average Bonchev–Trinajstić information content (AvgIpc) is 3.14. The summed E-state index contributed by atoms with van der Waals surface area (Å²) in [6.45, 7) is 9.04. The molecule has 0 unspecified atom stereocenters. The summed E-state index contributed by atoms with van der Waals surface area (Å²) < 4.78 is 13.3. The zero-order valence-corrected chi connectivity index (χ0v) is 19.4. The lowest BCUT2D eigenvalue weighted by Gasteiger charge is -2.13. The number of amides is 1. The number of hydrogen-bond acceptors (Lipinski definition) is 6. The Morgan fingerprint density at radius 2 is 1.87 bits per heavy atom. The van der Waals surface area contributed by atoms with E-state index in [1.54, 1.807) is 7.11 Å². The first-order valence-corrected chi connectivity index (χ1v) is 11.1. The van der Waals surface area contributed by atoms with E-state index in [4.69, 9.17) is 9.47 Å². The van der Waals surface area contributed by atoms with E-state index in [1.165, 1.54) is 11.8 Å². The lowest BCUT2D eigenvalue weighted by Crippen LogP contribution is -2.15. The SMILES string of the molecule is CCn1c(COc2c(C)cccc2C)nnc1SCC(=O)Nc1cc(C)ccc1OC. The van der Waals surface area contributed by atoms with Crippen LogP contribution in [0.4, 0.5) is 5.69 Å². The number of anilines is 1. The second-order valence-electron chi connectivity index (χ2n) is 7.19. The summed E-state index contributed by atoms with van der Waals surface area (Å²) in [4.78, 5) is 12.5. The minimum atomic E-state index is -0.132. The van der Waals surface area contributed by atoms with Crippen molar-refractivity contribution in [3.05, 3.63) is 58.9 Å². The van der Waals surface area contributed by atoms with Gasteiger partial charge in [0.15, 0.2) is 11.0 Å². The van der Waals surface area contributed by atoms with E-state index in [9.17, 15) is 4.79 Å². The molecule has 0 saturated carbocycles. The second-order valence-corrected chi connectivity index (χ2v) is 8.14. The van der Waals surface area contributed by atoms with Gasteiger partial charge in [0.25, 0.3) is 0 Å². The van der Waals surface area contributed by atoms with Crippen LogP contribution in [-0.4, -0.2) is 33.5 Å². The highest BCUT2D eigenvalue weighted by Crippen LogP contribution is 2.27. The van der Waals surface area contributed by atoms with Gasteiger partial charge < -0.3 is 19.4 Å². The maximum atomic E-state index is 12.5. The quantitative estimate of drug-likeness (QED) is 0.492. The van der Waals surface area contributed by atoms with E-state index in [2.05, 4.69) is 15.5 Å². The molecule has 2 aromatic carbocycles. The number of carbonyl (C=O) groups excluding carboxylic acids is 1. The molecule has 0 atom stereocenters. The summed E-state index contributed by atoms with van der Waals surface area (Å²) in [7, 11) is 1.58. The number of para-hydroxylation sites is 1. The molecule has 0 bridgehead atoms. The molecule has 31 heavy (non-hydrogen) atoms. The first-order chi connectivity index (χ1) is 14.9. The van der Waals surface area contributed by atoms with Crippen LogP contribution < -0.4 is 14.8 Å². The highest BCUT2D eigenvalue weighted by Gasteiger charge is 2.15. The average molecular weight is 441 g/mol. The highest BCUT2D eigenvalue weighted by atomic mass is 32.2. The van der Waals surface area contributed by atoms with E-state index >= 15 is 0 Å². The maximum Gasteiger partial charge on any atom is 0.234 e. The Bertz CT molecular complexity index is 1040. The van der Waals surface area contributed by atoms with E-state index < -0.39 is 0 Å². The Morgan fingerprint density at radius 3 is 2.55 bits per heavy atom. The number of aromatic nitrogens is 3. The van der Waals surface area contributed by atoms with E-state index in [0.29, 0.717) is 29.7 Å². The molecule has 0 saturated heterocycles. The predicted molar refractivity (Wildman–Crippen MR) is 123 cm³/mol. The van der Waals surface area contributed by atoms with E-state index in [0.717, 1.165) is 28.3 Å². The van der Waals surface area contributed by atoms with Gasteiger partial charge >= 0.3 is 0 Å². The van der Waals surface area contributed by atoms with Crippen LogP contribution in [0.15, 0.2) is 41.6 Å². The Hall–Kier alpha value is -3.00. The predicted octanol–water partition coefficient (Wildman–Crippen LogP) is 4.54. The number of carbonyl (C=O) groups is 1. The van der Waals surface area contributed by atoms with Crippen LogP contribution in [0, 0.1) is 20.8 Å². The van der Waals surface area contributed by atoms with Crippen LogP contribution in [0.25, 0.3) is 0 Å². The standard InChI is InChI=1S/C23H28N4O3S/c1-6-27-20(13-30-22-16(3)8-7-9-17(22)4)25-26-23(27)31-14-21(28)24-18-12-15(2)10-11-19(18)29-5/h7-12H,6,13-14H2,1-5H3,(H,24,28). The van der Waals surface area contributed by atoms with Crippen LogP contribution in [0.2, 0.25) is 0 Å². The van der Waals surface area contributed by atoms with Crippen molar-refractivity contribution in [3.8, 4) is 11.5 Å². The zero-order valence-electron chi connectivity index (χ0n) is 18.6. The van der Waals surface area contributed by atoms with Crippen molar-refractivity contribution in [2.75, 3.05) is 18.2 Å². The van der Waals surface area contributed by atoms with Gasteiger partial charge in [-0.15, -0.1) is 10.2 Å². The molecule has 1 aromatic heterocycles. The summed E-state index contributed by atoms with van der Waals surface area (Å²) in [6.07, 6.45) is 0. The summed E-state index contributed by atoms with van der Waals surface area (Å²) in [5.41, 5.74) is 3.87. The summed E-state index contributed by atoms with van der Waals surface area (Å²) >= 11 is 1.35. The second kappa shape index (κ2) is 10.3. The molecule has 3 aromatic rings. The van der Waals surface area contributed by atoms with Gasteiger partial charge in [-0.05, 0) is 56.5 Å². The Balaban J connectivity index is 1.63. The van der Waals surface area contributed by atoms with Gasteiger partial charge in [-0.25, -0.2) is 0 Å². The number of nitrogens with one attached hydrogen (secondary N) is 1. The first kappa shape index (κ1) is 22.7. The summed E-state index contributed by atoms with van der Waals surface area (Å²) in [5.74, 6) is 2.31. The van der Waals surface area contributed by atoms with Gasteiger partial charge in [0.05, 0.1) is 18.6 Å². The summed E-state index contributed by atoms with van der Waals surface area (Å²) in [5, 5.41) is 12.1. The molecule has 0 spiro atoms. The third kappa shape index (κ3) is 5.58. The monoisotopic (exact) mass is 440 g/mol. The minimum Gasteiger partial charge on any atom is -0.495 e. The van der Waals surface area contributed by atoms with Crippen molar-refractivity contribution >= 4 is 23.4 Å². The molecule has 3 rings (SSSR count). The molecule has 0 radical (unpaired) electrons.